The van der Waals surface area contributed by atoms with Crippen molar-refractivity contribution in [1.29, 1.82) is 0 Å². The van der Waals surface area contributed by atoms with E-state index in [-0.39, 0.29) is 17.1 Å². The summed E-state index contributed by atoms with van der Waals surface area (Å²) in [4.78, 5) is 28.6. The number of rotatable bonds is 4. The van der Waals surface area contributed by atoms with E-state index < -0.39 is 6.04 Å². The number of hydrogen-bond acceptors (Lipinski definition) is 5. The second kappa shape index (κ2) is 7.32. The van der Waals surface area contributed by atoms with Crippen LogP contribution < -0.4 is 19.8 Å². The van der Waals surface area contributed by atoms with Crippen molar-refractivity contribution >= 4 is 22.6 Å². The molecule has 2 heterocycles. The first-order valence-electron chi connectivity index (χ1n) is 9.79. The molecule has 0 fully saturated rings. The molecule has 0 spiro atoms. The predicted molar refractivity (Wildman–Crippen MR) is 117 cm³/mol. The Hall–Kier alpha value is -4.06. The zero-order valence-corrected chi connectivity index (χ0v) is 17.0. The van der Waals surface area contributed by atoms with E-state index in [1.165, 1.54) is 0 Å². The summed E-state index contributed by atoms with van der Waals surface area (Å²) in [5.41, 5.74) is 1.90. The summed E-state index contributed by atoms with van der Waals surface area (Å²) in [7, 11) is 3.16. The van der Waals surface area contributed by atoms with E-state index in [0.29, 0.717) is 33.7 Å². The minimum Gasteiger partial charge on any atom is -0.497 e. The van der Waals surface area contributed by atoms with Gasteiger partial charge in [0.15, 0.2) is 5.43 Å². The summed E-state index contributed by atoms with van der Waals surface area (Å²) in [5, 5.41) is 0.444. The molecule has 0 aliphatic carbocycles. The van der Waals surface area contributed by atoms with Crippen LogP contribution in [0.3, 0.4) is 0 Å². The van der Waals surface area contributed by atoms with Gasteiger partial charge in [-0.15, -0.1) is 0 Å². The fraction of sp³-hybridized carbons (Fsp3) is 0.120. The first-order chi connectivity index (χ1) is 15.1. The van der Waals surface area contributed by atoms with Gasteiger partial charge in [0.25, 0.3) is 5.91 Å². The maximum Gasteiger partial charge on any atom is 0.295 e. The smallest absolute Gasteiger partial charge is 0.295 e. The van der Waals surface area contributed by atoms with Gasteiger partial charge in [0.1, 0.15) is 17.1 Å². The van der Waals surface area contributed by atoms with E-state index in [1.807, 2.05) is 30.3 Å². The Morgan fingerprint density at radius 2 is 1.58 bits per heavy atom. The van der Waals surface area contributed by atoms with Gasteiger partial charge in [-0.25, -0.2) is 0 Å². The Morgan fingerprint density at radius 1 is 0.839 bits per heavy atom. The third-order valence-electron chi connectivity index (χ3n) is 5.54. The Morgan fingerprint density at radius 3 is 2.32 bits per heavy atom. The molecule has 0 N–H and O–H groups in total. The van der Waals surface area contributed by atoms with Crippen LogP contribution in [-0.2, 0) is 0 Å². The summed E-state index contributed by atoms with van der Waals surface area (Å²) in [6.45, 7) is 0. The number of benzene rings is 3. The lowest BCUT2D eigenvalue weighted by Crippen LogP contribution is -2.29. The van der Waals surface area contributed by atoms with Gasteiger partial charge < -0.3 is 13.9 Å². The second-order valence-corrected chi connectivity index (χ2v) is 7.22. The standard InChI is InChI=1S/C25H19NO5/c1-29-17-12-10-15(11-13-17)22-21-23(27)19-8-3-4-9-20(19)31-24(21)25(28)26(22)16-6-5-7-18(14-16)30-2/h3-14,22H,1-2H3. The maximum absolute atomic E-state index is 13.5. The summed E-state index contributed by atoms with van der Waals surface area (Å²) < 4.78 is 16.6. The highest BCUT2D eigenvalue weighted by Crippen LogP contribution is 2.42. The van der Waals surface area contributed by atoms with Crippen molar-refractivity contribution in [3.05, 3.63) is 99.9 Å². The molecule has 4 aromatic rings. The van der Waals surface area contributed by atoms with Crippen molar-refractivity contribution in [3.63, 3.8) is 0 Å². The molecule has 5 rings (SSSR count). The molecule has 6 heteroatoms. The van der Waals surface area contributed by atoms with E-state index in [4.69, 9.17) is 13.9 Å². The number of methoxy groups -OCH3 is 2. The molecule has 0 saturated heterocycles. The first kappa shape index (κ1) is 18.9. The average molecular weight is 413 g/mol. The molecular weight excluding hydrogens is 394 g/mol. The van der Waals surface area contributed by atoms with Gasteiger partial charge in [-0.2, -0.15) is 0 Å². The minimum atomic E-state index is -0.638. The predicted octanol–water partition coefficient (Wildman–Crippen LogP) is 4.56. The van der Waals surface area contributed by atoms with Crippen LogP contribution in [0.5, 0.6) is 11.5 Å². The number of hydrogen-bond donors (Lipinski definition) is 0. The largest absolute Gasteiger partial charge is 0.497 e. The van der Waals surface area contributed by atoms with Gasteiger partial charge in [-0.1, -0.05) is 30.3 Å². The highest BCUT2D eigenvalue weighted by atomic mass is 16.5. The molecule has 154 valence electrons. The van der Waals surface area contributed by atoms with Crippen molar-refractivity contribution in [2.75, 3.05) is 19.1 Å². The van der Waals surface area contributed by atoms with Crippen molar-refractivity contribution < 1.29 is 18.7 Å². The van der Waals surface area contributed by atoms with Gasteiger partial charge in [0.2, 0.25) is 5.76 Å². The molecule has 1 aromatic heterocycles. The molecule has 31 heavy (non-hydrogen) atoms. The molecule has 1 aliphatic heterocycles. The number of carbonyl (C=O) groups excluding carboxylic acids is 1. The lowest BCUT2D eigenvalue weighted by molar-refractivity contribution is 0.0971. The van der Waals surface area contributed by atoms with E-state index in [0.717, 1.165) is 5.56 Å². The number of ether oxygens (including phenoxy) is 2. The van der Waals surface area contributed by atoms with Crippen molar-refractivity contribution in [3.8, 4) is 11.5 Å². The Bertz CT molecular complexity index is 1360. The van der Waals surface area contributed by atoms with Crippen molar-refractivity contribution in [1.82, 2.24) is 0 Å². The van der Waals surface area contributed by atoms with Crippen molar-refractivity contribution in [2.45, 2.75) is 6.04 Å². The number of carbonyl (C=O) groups is 1. The van der Waals surface area contributed by atoms with Crippen LogP contribution in [0.1, 0.15) is 27.7 Å². The van der Waals surface area contributed by atoms with E-state index >= 15 is 0 Å². The monoisotopic (exact) mass is 413 g/mol. The normalized spacial score (nSPS) is 15.2. The second-order valence-electron chi connectivity index (χ2n) is 7.22. The molecule has 0 bridgehead atoms. The van der Waals surface area contributed by atoms with E-state index in [1.54, 1.807) is 61.6 Å². The number of fused-ring (bicyclic) bond motifs is 2. The summed E-state index contributed by atoms with van der Waals surface area (Å²) in [6, 6.07) is 20.8. The zero-order chi connectivity index (χ0) is 21.5. The molecule has 0 radical (unpaired) electrons. The highest BCUT2D eigenvalue weighted by Gasteiger charge is 2.43. The third kappa shape index (κ3) is 2.95. The molecular formula is C25H19NO5. The molecule has 1 aliphatic rings. The zero-order valence-electron chi connectivity index (χ0n) is 17.0. The van der Waals surface area contributed by atoms with Crippen LogP contribution in [0.25, 0.3) is 11.0 Å². The van der Waals surface area contributed by atoms with Crippen LogP contribution >= 0.6 is 0 Å². The number of para-hydroxylation sites is 1. The lowest BCUT2D eigenvalue weighted by atomic mass is 9.98. The number of amides is 1. The molecule has 1 atom stereocenters. The fourth-order valence-electron chi connectivity index (χ4n) is 4.05. The fourth-order valence-corrected chi connectivity index (χ4v) is 4.05. The number of nitrogens with zero attached hydrogens (tertiary/aromatic N) is 1. The lowest BCUT2D eigenvalue weighted by Gasteiger charge is -2.25. The average Bonchev–Trinajstić information content (AvgIpc) is 3.12. The van der Waals surface area contributed by atoms with Crippen LogP contribution in [0.2, 0.25) is 0 Å². The molecule has 3 aromatic carbocycles. The Labute approximate surface area is 178 Å². The molecule has 0 saturated carbocycles. The number of anilines is 1. The van der Waals surface area contributed by atoms with Crippen LogP contribution in [0.15, 0.2) is 82.0 Å². The maximum atomic E-state index is 13.5. The van der Waals surface area contributed by atoms with Gasteiger partial charge in [-0.05, 0) is 42.0 Å². The van der Waals surface area contributed by atoms with Crippen LogP contribution in [-0.4, -0.2) is 20.1 Å². The summed E-state index contributed by atoms with van der Waals surface area (Å²) in [6.07, 6.45) is 0. The van der Waals surface area contributed by atoms with Gasteiger partial charge in [-0.3, -0.25) is 14.5 Å². The Balaban J connectivity index is 1.78. The van der Waals surface area contributed by atoms with E-state index in [2.05, 4.69) is 0 Å². The molecule has 1 unspecified atom stereocenters. The SMILES string of the molecule is COc1ccc(C2c3c(oc4ccccc4c3=O)C(=O)N2c2cccc(OC)c2)cc1. The van der Waals surface area contributed by atoms with Crippen LogP contribution in [0, 0.1) is 0 Å². The van der Waals surface area contributed by atoms with Crippen molar-refractivity contribution in [2.24, 2.45) is 0 Å². The molecule has 1 amide bonds. The first-order valence-corrected chi connectivity index (χ1v) is 9.79. The third-order valence-corrected chi connectivity index (χ3v) is 5.54. The van der Waals surface area contributed by atoms with Gasteiger partial charge in [0.05, 0.1) is 31.2 Å². The summed E-state index contributed by atoms with van der Waals surface area (Å²) >= 11 is 0. The van der Waals surface area contributed by atoms with E-state index in [9.17, 15) is 9.59 Å². The highest BCUT2D eigenvalue weighted by molar-refractivity contribution is 6.10. The topological polar surface area (TPSA) is 69.0 Å². The minimum absolute atomic E-state index is 0.0623. The Kier molecular flexibility index (Phi) is 4.47. The summed E-state index contributed by atoms with van der Waals surface area (Å²) in [5.74, 6) is 0.991. The van der Waals surface area contributed by atoms with Crippen LogP contribution in [0.4, 0.5) is 5.69 Å². The van der Waals surface area contributed by atoms with Gasteiger partial charge >= 0.3 is 0 Å². The molecule has 6 nitrogen and oxygen atoms in total. The quantitative estimate of drug-likeness (QED) is 0.491. The van der Waals surface area contributed by atoms with Gasteiger partial charge in [0, 0.05) is 11.8 Å².